The number of nitrogens with zero attached hydrogens (tertiary/aromatic N) is 2. The van der Waals surface area contributed by atoms with Crippen LogP contribution in [0.4, 0.5) is 16.3 Å². The van der Waals surface area contributed by atoms with Gasteiger partial charge in [0.25, 0.3) is 0 Å². The molecular weight excluding hydrogens is 352 g/mol. The Kier molecular flexibility index (Phi) is 4.87. The van der Waals surface area contributed by atoms with Gasteiger partial charge in [-0.05, 0) is 57.2 Å². The molecule has 0 spiro atoms. The molecule has 6 heteroatoms. The molecule has 1 saturated carbocycles. The molecule has 1 saturated heterocycles. The highest BCUT2D eigenvalue weighted by molar-refractivity contribution is 5.72. The molecule has 0 radical (unpaired) electrons. The Morgan fingerprint density at radius 3 is 2.50 bits per heavy atom. The first-order valence-corrected chi connectivity index (χ1v) is 9.99. The van der Waals surface area contributed by atoms with Crippen molar-refractivity contribution in [3.05, 3.63) is 54.2 Å². The van der Waals surface area contributed by atoms with Gasteiger partial charge in [-0.2, -0.15) is 0 Å². The first kappa shape index (κ1) is 18.6. The van der Waals surface area contributed by atoms with Crippen molar-refractivity contribution >= 4 is 17.6 Å². The van der Waals surface area contributed by atoms with Crippen molar-refractivity contribution in [2.45, 2.75) is 63.3 Å². The van der Waals surface area contributed by atoms with Crippen molar-refractivity contribution in [3.63, 3.8) is 0 Å². The van der Waals surface area contributed by atoms with Crippen LogP contribution >= 0.6 is 0 Å². The average molecular weight is 380 g/mol. The van der Waals surface area contributed by atoms with Crippen LogP contribution in [0.3, 0.4) is 0 Å². The van der Waals surface area contributed by atoms with Crippen LogP contribution in [-0.2, 0) is 4.74 Å². The second-order valence-corrected chi connectivity index (χ2v) is 8.28. The van der Waals surface area contributed by atoms with Gasteiger partial charge in [0, 0.05) is 18.3 Å². The number of cyclic esters (lactones) is 1. The van der Waals surface area contributed by atoms with Gasteiger partial charge in [-0.3, -0.25) is 4.90 Å². The molecule has 0 bridgehead atoms. The van der Waals surface area contributed by atoms with Gasteiger partial charge in [-0.1, -0.05) is 30.3 Å². The van der Waals surface area contributed by atoms with Gasteiger partial charge >= 0.3 is 6.09 Å². The van der Waals surface area contributed by atoms with Crippen molar-refractivity contribution in [3.8, 4) is 0 Å². The third kappa shape index (κ3) is 3.51. The molecule has 2 fully saturated rings. The summed E-state index contributed by atoms with van der Waals surface area (Å²) in [5.41, 5.74) is 7.42. The van der Waals surface area contributed by atoms with E-state index in [1.54, 1.807) is 6.20 Å². The molecule has 28 heavy (non-hydrogen) atoms. The van der Waals surface area contributed by atoms with E-state index in [9.17, 15) is 4.79 Å². The summed E-state index contributed by atoms with van der Waals surface area (Å²) in [4.78, 5) is 18.9. The maximum atomic E-state index is 12.8. The lowest BCUT2D eigenvalue weighted by atomic mass is 9.86. The zero-order chi connectivity index (χ0) is 19.7. The number of nitrogens with two attached hydrogens (primary N) is 1. The maximum absolute atomic E-state index is 12.8. The predicted octanol–water partition coefficient (Wildman–Crippen LogP) is 4.36. The zero-order valence-electron chi connectivity index (χ0n) is 16.5. The fourth-order valence-corrected chi connectivity index (χ4v) is 4.59. The number of carbonyl (C=O) groups is 1. The molecule has 0 unspecified atom stereocenters. The number of rotatable bonds is 4. The van der Waals surface area contributed by atoms with Gasteiger partial charge in [-0.25, -0.2) is 9.78 Å². The molecule has 2 aromatic rings. The normalized spacial score (nSPS) is 26.7. The maximum Gasteiger partial charge on any atom is 0.411 e. The summed E-state index contributed by atoms with van der Waals surface area (Å²) in [6.45, 7) is 4.00. The number of pyridine rings is 1. The molecule has 6 nitrogen and oxygen atoms in total. The van der Waals surface area contributed by atoms with Crippen LogP contribution in [0.25, 0.3) is 0 Å². The summed E-state index contributed by atoms with van der Waals surface area (Å²) in [5.74, 6) is 0.527. The van der Waals surface area contributed by atoms with E-state index in [-0.39, 0.29) is 18.2 Å². The molecule has 1 aliphatic heterocycles. The molecule has 4 rings (SSSR count). The molecular formula is C22H28N4O2. The molecule has 1 aromatic carbocycles. The van der Waals surface area contributed by atoms with E-state index in [4.69, 9.17) is 10.5 Å². The van der Waals surface area contributed by atoms with Crippen LogP contribution in [0.1, 0.15) is 51.1 Å². The number of anilines is 2. The van der Waals surface area contributed by atoms with Gasteiger partial charge in [0.15, 0.2) is 0 Å². The lowest BCUT2D eigenvalue weighted by Crippen LogP contribution is -2.44. The van der Waals surface area contributed by atoms with Crippen molar-refractivity contribution in [2.24, 2.45) is 0 Å². The summed E-state index contributed by atoms with van der Waals surface area (Å²) in [6.07, 6.45) is 5.32. The Bertz CT molecular complexity index is 831. The van der Waals surface area contributed by atoms with Gasteiger partial charge in [0.2, 0.25) is 0 Å². The largest absolute Gasteiger partial charge is 0.441 e. The van der Waals surface area contributed by atoms with E-state index in [1.807, 2.05) is 49.1 Å². The topological polar surface area (TPSA) is 80.5 Å². The van der Waals surface area contributed by atoms with Crippen LogP contribution in [-0.4, -0.2) is 33.7 Å². The van der Waals surface area contributed by atoms with Crippen molar-refractivity contribution in [2.75, 3.05) is 11.1 Å². The Hall–Kier alpha value is -2.76. The number of benzene rings is 1. The lowest BCUT2D eigenvalue weighted by Gasteiger charge is -2.38. The summed E-state index contributed by atoms with van der Waals surface area (Å²) in [6, 6.07) is 14.5. The van der Waals surface area contributed by atoms with Crippen LogP contribution in [0, 0.1) is 0 Å². The minimum absolute atomic E-state index is 0.0651. The quantitative estimate of drug-likeness (QED) is 0.824. The number of carbonyl (C=O) groups excluding carboxylic acids is 1. The molecule has 148 valence electrons. The van der Waals surface area contributed by atoms with E-state index >= 15 is 0 Å². The average Bonchev–Trinajstić information content (AvgIpc) is 2.93. The fraction of sp³-hybridized carbons (Fsp3) is 0.455. The molecule has 1 aliphatic carbocycles. The van der Waals surface area contributed by atoms with Crippen LogP contribution in [0.2, 0.25) is 0 Å². The number of aromatic nitrogens is 1. The highest BCUT2D eigenvalue weighted by atomic mass is 16.6. The number of nitrogen functional groups attached to an aromatic ring is 1. The third-order valence-corrected chi connectivity index (χ3v) is 5.90. The van der Waals surface area contributed by atoms with E-state index in [2.05, 4.69) is 22.4 Å². The standard InChI is InChI=1S/C22H28N4O2/c1-22(2)19(15-7-4-3-5-8-15)26(21(27)28-22)17-12-10-16(11-13-17)25-18-9-6-14-24-20(18)23/h3-9,14,16-17,19,25H,10-13H2,1-2H3,(H2,23,24)/t16?,17?,19-/m0/s1. The zero-order valence-corrected chi connectivity index (χ0v) is 16.5. The molecule has 2 heterocycles. The van der Waals surface area contributed by atoms with Crippen molar-refractivity contribution in [1.29, 1.82) is 0 Å². The molecule has 3 N–H and O–H groups in total. The summed E-state index contributed by atoms with van der Waals surface area (Å²) >= 11 is 0. The Labute approximate surface area is 166 Å². The van der Waals surface area contributed by atoms with Crippen LogP contribution < -0.4 is 11.1 Å². The van der Waals surface area contributed by atoms with Crippen LogP contribution in [0.15, 0.2) is 48.7 Å². The summed E-state index contributed by atoms with van der Waals surface area (Å²) in [5, 5.41) is 3.51. The van der Waals surface area contributed by atoms with E-state index in [0.29, 0.717) is 11.9 Å². The van der Waals surface area contributed by atoms with Crippen molar-refractivity contribution < 1.29 is 9.53 Å². The monoisotopic (exact) mass is 380 g/mol. The predicted molar refractivity (Wildman–Crippen MR) is 110 cm³/mol. The Morgan fingerprint density at radius 1 is 1.11 bits per heavy atom. The highest BCUT2D eigenvalue weighted by Crippen LogP contribution is 2.44. The number of ether oxygens (including phenoxy) is 1. The number of hydrogen-bond acceptors (Lipinski definition) is 5. The smallest absolute Gasteiger partial charge is 0.411 e. The van der Waals surface area contributed by atoms with Crippen LogP contribution in [0.5, 0.6) is 0 Å². The van der Waals surface area contributed by atoms with E-state index < -0.39 is 5.60 Å². The molecule has 1 aromatic heterocycles. The van der Waals surface area contributed by atoms with Gasteiger partial charge < -0.3 is 15.8 Å². The van der Waals surface area contributed by atoms with Crippen molar-refractivity contribution in [1.82, 2.24) is 9.88 Å². The highest BCUT2D eigenvalue weighted by Gasteiger charge is 2.51. The SMILES string of the molecule is CC1(C)OC(=O)N(C2CCC(Nc3cccnc3N)CC2)[C@H]1c1ccccc1. The number of hydrogen-bond donors (Lipinski definition) is 2. The third-order valence-electron chi connectivity index (χ3n) is 5.90. The first-order valence-electron chi connectivity index (χ1n) is 9.99. The van der Waals surface area contributed by atoms with Gasteiger partial charge in [0.1, 0.15) is 11.4 Å². The number of amides is 1. The molecule has 2 aliphatic rings. The Balaban J connectivity index is 1.47. The fourth-order valence-electron chi connectivity index (χ4n) is 4.59. The molecule has 1 atom stereocenters. The first-order chi connectivity index (χ1) is 13.5. The second kappa shape index (κ2) is 7.34. The second-order valence-electron chi connectivity index (χ2n) is 8.28. The van der Waals surface area contributed by atoms with E-state index in [1.165, 1.54) is 0 Å². The summed E-state index contributed by atoms with van der Waals surface area (Å²) in [7, 11) is 0. The van der Waals surface area contributed by atoms with Gasteiger partial charge in [0.05, 0.1) is 11.7 Å². The summed E-state index contributed by atoms with van der Waals surface area (Å²) < 4.78 is 5.77. The number of nitrogens with one attached hydrogen (secondary N) is 1. The van der Waals surface area contributed by atoms with E-state index in [0.717, 1.165) is 36.9 Å². The minimum Gasteiger partial charge on any atom is -0.441 e. The lowest BCUT2D eigenvalue weighted by molar-refractivity contribution is 0.0664. The molecule has 1 amide bonds. The Morgan fingerprint density at radius 2 is 1.82 bits per heavy atom. The van der Waals surface area contributed by atoms with Gasteiger partial charge in [-0.15, -0.1) is 0 Å². The minimum atomic E-state index is -0.544.